The van der Waals surface area contributed by atoms with E-state index < -0.39 is 36.4 Å². The predicted octanol–water partition coefficient (Wildman–Crippen LogP) is -9.90. The maximum atomic E-state index is 10.3. The molecule has 0 bridgehead atoms. The van der Waals surface area contributed by atoms with E-state index in [1.54, 1.807) is 0 Å². The average molecular weight is 312 g/mol. The van der Waals surface area contributed by atoms with Crippen molar-refractivity contribution in [2.24, 2.45) is 0 Å². The Hall–Kier alpha value is 2.08. The van der Waals surface area contributed by atoms with Crippen molar-refractivity contribution in [1.82, 2.24) is 0 Å². The molecular weight excluding hydrogens is 301 g/mol. The number of hydrogen-bond acceptors (Lipinski definition) is 4. The Labute approximate surface area is 183 Å². The Balaban J connectivity index is -0.0000000343. The molecule has 0 radical (unpaired) electrons. The molecule has 0 atom stereocenters. The second-order valence-electron chi connectivity index (χ2n) is 2.48. The molecule has 7 nitrogen and oxygen atoms in total. The van der Waals surface area contributed by atoms with Crippen LogP contribution >= 0.6 is 0 Å². The molecule has 0 unspecified atom stereocenters. The minimum atomic E-state index is -2.74. The van der Waals surface area contributed by atoms with Crippen LogP contribution in [0, 0.1) is 0 Å². The first-order valence-electron chi connectivity index (χ1n) is 3.17. The molecule has 4 N–H and O–H groups in total. The van der Waals surface area contributed by atoms with E-state index in [1.165, 1.54) is 0 Å². The molecule has 0 aliphatic heterocycles. The largest absolute Gasteiger partial charge is 1.00 e. The molecule has 0 amide bonds. The van der Waals surface area contributed by atoms with Crippen LogP contribution in [0.3, 0.4) is 0 Å². The topological polar surface area (TPSA) is 132 Å². The van der Waals surface area contributed by atoms with Gasteiger partial charge < -0.3 is 24.7 Å². The van der Waals surface area contributed by atoms with Gasteiger partial charge in [0.25, 0.3) is 0 Å². The molecule has 0 aromatic carbocycles. The molecule has 0 aromatic heterocycles. The van der Waals surface area contributed by atoms with Crippen LogP contribution in [0.1, 0.15) is 17.1 Å². The van der Waals surface area contributed by atoms with Crippen molar-refractivity contribution in [2.45, 2.75) is 18.4 Å². The Morgan fingerprint density at radius 1 is 0.882 bits per heavy atom. The summed E-state index contributed by atoms with van der Waals surface area (Å²) >= 11 is 0. The molecule has 17 heavy (non-hydrogen) atoms. The maximum absolute atomic E-state index is 10.3. The first-order valence-corrected chi connectivity index (χ1v) is 3.17. The Morgan fingerprint density at radius 3 is 1.24 bits per heavy atom. The quantitative estimate of drug-likeness (QED) is 0.371. The fraction of sp³-hybridized carbons (Fsp3) is 0.500. The zero-order chi connectivity index (χ0) is 10.6. The number of carbonyl (C=O) groups is 3. The summed E-state index contributed by atoms with van der Waals surface area (Å²) < 4.78 is 0. The molecule has 0 saturated carbocycles. The van der Waals surface area contributed by atoms with Gasteiger partial charge in [0.2, 0.25) is 0 Å². The van der Waals surface area contributed by atoms with Gasteiger partial charge in [0.05, 0.1) is 12.8 Å². The van der Waals surface area contributed by atoms with Gasteiger partial charge in [0.1, 0.15) is 0 Å². The van der Waals surface area contributed by atoms with E-state index in [9.17, 15) is 14.4 Å². The van der Waals surface area contributed by atoms with E-state index in [0.717, 1.165) is 0 Å². The number of aliphatic hydroxyl groups is 1. The van der Waals surface area contributed by atoms with E-state index in [0.29, 0.717) is 0 Å². The van der Waals surface area contributed by atoms with E-state index in [-0.39, 0.29) is 115 Å². The molecule has 0 rings (SSSR count). The van der Waals surface area contributed by atoms with Gasteiger partial charge in [0, 0.05) is 21.7 Å². The van der Waals surface area contributed by atoms with Crippen molar-refractivity contribution < 1.29 is 149 Å². The minimum Gasteiger partial charge on any atom is -1.00 e. The molecule has 84 valence electrons. The van der Waals surface area contributed by atoms with E-state index in [4.69, 9.17) is 20.4 Å². The van der Waals surface area contributed by atoms with Crippen LogP contribution in [-0.4, -0.2) is 43.9 Å². The van der Waals surface area contributed by atoms with Crippen LogP contribution in [-0.2, 0) is 36.1 Å². The summed E-state index contributed by atoms with van der Waals surface area (Å²) in [6.45, 7) is 0. The van der Waals surface area contributed by atoms with Crippen molar-refractivity contribution in [1.29, 1.82) is 0 Å². The number of aliphatic carboxylic acids is 3. The number of carboxylic acids is 3. The first kappa shape index (κ1) is 31.5. The van der Waals surface area contributed by atoms with Crippen LogP contribution in [0.25, 0.3) is 0 Å². The van der Waals surface area contributed by atoms with Crippen molar-refractivity contribution in [3.63, 3.8) is 0 Å². The third-order valence-electron chi connectivity index (χ3n) is 1.29. The normalized spacial score (nSPS) is 8.29. The SMILES string of the molecule is O=C(O)CC(O)(CC(=O)O)C(=O)O.[H-].[H-].[H-].[Na+].[Na+].[Na+].[Ti]. The Kier molecular flexibility index (Phi) is 26.8. The predicted molar refractivity (Wildman–Crippen MR) is 40.4 cm³/mol. The van der Waals surface area contributed by atoms with Gasteiger partial charge in [-0.3, -0.25) is 9.59 Å². The van der Waals surface area contributed by atoms with Gasteiger partial charge in [-0.05, 0) is 0 Å². The average Bonchev–Trinajstić information content (AvgIpc) is 1.82. The minimum absolute atomic E-state index is 0. The molecule has 0 aliphatic rings. The summed E-state index contributed by atoms with van der Waals surface area (Å²) in [4.78, 5) is 30.5. The summed E-state index contributed by atoms with van der Waals surface area (Å²) in [5.74, 6) is -5.02. The van der Waals surface area contributed by atoms with Crippen LogP contribution in [0.4, 0.5) is 0 Å². The smallest absolute Gasteiger partial charge is 1.00 e. The molecule has 0 aliphatic carbocycles. The maximum Gasteiger partial charge on any atom is 1.00 e. The van der Waals surface area contributed by atoms with Crippen molar-refractivity contribution >= 4 is 17.9 Å². The van der Waals surface area contributed by atoms with Gasteiger partial charge in [-0.1, -0.05) is 0 Å². The first-order chi connectivity index (χ1) is 5.78. The van der Waals surface area contributed by atoms with Crippen LogP contribution in [0.5, 0.6) is 0 Å². The molecule has 0 aromatic rings. The van der Waals surface area contributed by atoms with E-state index in [2.05, 4.69) is 0 Å². The third-order valence-corrected chi connectivity index (χ3v) is 1.29. The number of rotatable bonds is 5. The van der Waals surface area contributed by atoms with Crippen molar-refractivity contribution in [3.05, 3.63) is 0 Å². The van der Waals surface area contributed by atoms with Crippen molar-refractivity contribution in [3.8, 4) is 0 Å². The Morgan fingerprint density at radius 2 is 1.12 bits per heavy atom. The van der Waals surface area contributed by atoms with E-state index in [1.807, 2.05) is 0 Å². The second-order valence-corrected chi connectivity index (χ2v) is 2.48. The summed E-state index contributed by atoms with van der Waals surface area (Å²) in [5, 5.41) is 33.8. The molecule has 0 fully saturated rings. The standard InChI is InChI=1S/C6H8O7.3Na.Ti.3H/c7-3(8)1-6(13,5(11)12)2-4(9)10;;;;;;;/h13H,1-2H2,(H,7,8)(H,9,10)(H,11,12);;;;;;;/q;3*+1;;3*-1. The summed E-state index contributed by atoms with van der Waals surface area (Å²) in [5.41, 5.74) is -2.74. The van der Waals surface area contributed by atoms with Crippen molar-refractivity contribution in [2.75, 3.05) is 0 Å². The summed E-state index contributed by atoms with van der Waals surface area (Å²) in [6, 6.07) is 0. The zero-order valence-electron chi connectivity index (χ0n) is 12.9. The van der Waals surface area contributed by atoms with Gasteiger partial charge in [0.15, 0.2) is 5.60 Å². The van der Waals surface area contributed by atoms with Crippen LogP contribution in [0.2, 0.25) is 0 Å². The number of carboxylic acid groups (broad SMARTS) is 3. The molecule has 0 spiro atoms. The van der Waals surface area contributed by atoms with Crippen LogP contribution < -0.4 is 88.7 Å². The molecule has 0 heterocycles. The molecular formula is C6H11Na3O7Ti. The monoisotopic (exact) mass is 312 g/mol. The number of hydrogen-bond donors (Lipinski definition) is 4. The second kappa shape index (κ2) is 14.5. The van der Waals surface area contributed by atoms with E-state index >= 15 is 0 Å². The van der Waals surface area contributed by atoms with Gasteiger partial charge in [-0.2, -0.15) is 0 Å². The zero-order valence-corrected chi connectivity index (χ0v) is 17.5. The fourth-order valence-electron chi connectivity index (χ4n) is 0.714. The Bertz CT molecular complexity index is 256. The third kappa shape index (κ3) is 14.3. The molecule has 11 heteroatoms. The van der Waals surface area contributed by atoms with Crippen LogP contribution in [0.15, 0.2) is 0 Å². The molecule has 0 saturated heterocycles. The van der Waals surface area contributed by atoms with Gasteiger partial charge in [-0.15, -0.1) is 0 Å². The van der Waals surface area contributed by atoms with Gasteiger partial charge >= 0.3 is 107 Å². The fourth-order valence-corrected chi connectivity index (χ4v) is 0.714. The summed E-state index contributed by atoms with van der Waals surface area (Å²) in [7, 11) is 0. The summed E-state index contributed by atoms with van der Waals surface area (Å²) in [6.07, 6.45) is -2.29. The van der Waals surface area contributed by atoms with Gasteiger partial charge in [-0.25, -0.2) is 4.79 Å².